The van der Waals surface area contributed by atoms with E-state index in [1.165, 1.54) is 32.7 Å². The smallest absolute Gasteiger partial charge is 0.134 e. The van der Waals surface area contributed by atoms with E-state index in [2.05, 4.69) is 119 Å². The third-order valence-corrected chi connectivity index (χ3v) is 8.15. The zero-order valence-corrected chi connectivity index (χ0v) is 21.6. The van der Waals surface area contributed by atoms with Gasteiger partial charge in [0.15, 0.2) is 0 Å². The van der Waals surface area contributed by atoms with Gasteiger partial charge in [0.2, 0.25) is 0 Å². The largest absolute Gasteiger partial charge is 0.318 e. The number of benzene rings is 4. The van der Waals surface area contributed by atoms with E-state index in [-0.39, 0.29) is 12.0 Å². The predicted molar refractivity (Wildman–Crippen MR) is 161 cm³/mol. The molecule has 1 aliphatic carbocycles. The van der Waals surface area contributed by atoms with Gasteiger partial charge in [0.05, 0.1) is 34.2 Å². The van der Waals surface area contributed by atoms with Crippen LogP contribution in [0.3, 0.4) is 0 Å². The quantitative estimate of drug-likeness (QED) is 0.274. The number of anilines is 2. The van der Waals surface area contributed by atoms with E-state index in [9.17, 15) is 5.26 Å². The van der Waals surface area contributed by atoms with Gasteiger partial charge in [-0.1, -0.05) is 78.9 Å². The summed E-state index contributed by atoms with van der Waals surface area (Å²) in [6, 6.07) is 44.1. The van der Waals surface area contributed by atoms with E-state index in [1.54, 1.807) is 0 Å². The maximum Gasteiger partial charge on any atom is 0.134 e. The van der Waals surface area contributed by atoms with E-state index in [0.29, 0.717) is 5.56 Å². The number of aromatic nitrogens is 2. The maximum atomic E-state index is 9.22. The molecule has 0 spiro atoms. The molecule has 40 heavy (non-hydrogen) atoms. The Bertz CT molecular complexity index is 2080. The van der Waals surface area contributed by atoms with E-state index < -0.39 is 0 Å². The van der Waals surface area contributed by atoms with E-state index >= 15 is 0 Å². The summed E-state index contributed by atoms with van der Waals surface area (Å²) in [5.74, 6) is 1.12. The second-order valence-corrected chi connectivity index (χ2v) is 10.3. The van der Waals surface area contributed by atoms with Gasteiger partial charge >= 0.3 is 0 Å². The van der Waals surface area contributed by atoms with Crippen LogP contribution in [0, 0.1) is 11.3 Å². The van der Waals surface area contributed by atoms with Crippen molar-refractivity contribution in [2.45, 2.75) is 12.0 Å². The number of fused-ring (bicyclic) bond motifs is 6. The molecule has 4 heteroatoms. The number of nitrogens with zero attached hydrogens (tertiary/aromatic N) is 4. The van der Waals surface area contributed by atoms with Crippen LogP contribution in [0.4, 0.5) is 11.5 Å². The minimum absolute atomic E-state index is 0.0837. The highest BCUT2D eigenvalue weighted by atomic mass is 15.2. The Balaban J connectivity index is 1.35. The van der Waals surface area contributed by atoms with Crippen LogP contribution in [0.25, 0.3) is 40.0 Å². The zero-order chi connectivity index (χ0) is 26.6. The summed E-state index contributed by atoms with van der Waals surface area (Å²) in [7, 11) is 0. The number of pyridine rings is 1. The first kappa shape index (κ1) is 22.6. The standard InChI is InChI=1S/C36H24N4/c37-23-24-17-19-25(20-18-24)31-13-8-16-36(38-31)40-33-15-7-5-12-28(33)30-21-29-27-11-4-6-14-32(27)39(34(29)22-35(30)40)26-9-2-1-3-10-26/h1-22,30,35H. The Morgan fingerprint density at radius 1 is 0.700 bits per heavy atom. The number of nitriles is 1. The Morgan fingerprint density at radius 2 is 1.48 bits per heavy atom. The average molecular weight is 513 g/mol. The summed E-state index contributed by atoms with van der Waals surface area (Å²) in [6.07, 6.45) is 4.90. The SMILES string of the molecule is N#Cc1ccc(-c2cccc(N3c4ccccc4C4C=c5c(n(-c6ccccc6)c6ccccc56)=CC43)n2)cc1. The summed E-state index contributed by atoms with van der Waals surface area (Å²) in [4.78, 5) is 7.54. The fourth-order valence-electron chi connectivity index (χ4n) is 6.39. The van der Waals surface area contributed by atoms with E-state index in [4.69, 9.17) is 4.98 Å². The fourth-order valence-corrected chi connectivity index (χ4v) is 6.39. The van der Waals surface area contributed by atoms with Crippen molar-refractivity contribution >= 4 is 34.6 Å². The van der Waals surface area contributed by atoms with Crippen LogP contribution in [0.1, 0.15) is 17.0 Å². The molecule has 0 saturated carbocycles. The van der Waals surface area contributed by atoms with Crippen LogP contribution in [-0.2, 0) is 0 Å². The summed E-state index contributed by atoms with van der Waals surface area (Å²) in [6.45, 7) is 0. The lowest BCUT2D eigenvalue weighted by atomic mass is 9.90. The van der Waals surface area contributed by atoms with Gasteiger partial charge in [-0.15, -0.1) is 0 Å². The minimum Gasteiger partial charge on any atom is -0.318 e. The summed E-state index contributed by atoms with van der Waals surface area (Å²) >= 11 is 0. The van der Waals surface area contributed by atoms with Crippen molar-refractivity contribution in [3.05, 3.63) is 143 Å². The monoisotopic (exact) mass is 512 g/mol. The van der Waals surface area contributed by atoms with Crippen molar-refractivity contribution in [3.8, 4) is 23.0 Å². The predicted octanol–water partition coefficient (Wildman–Crippen LogP) is 6.44. The third-order valence-electron chi connectivity index (χ3n) is 8.15. The number of hydrogen-bond donors (Lipinski definition) is 0. The molecule has 0 N–H and O–H groups in total. The minimum atomic E-state index is 0.0837. The molecule has 0 amide bonds. The Kier molecular flexibility index (Phi) is 4.98. The molecule has 2 aromatic heterocycles. The van der Waals surface area contributed by atoms with Crippen LogP contribution >= 0.6 is 0 Å². The molecule has 6 aromatic rings. The molecule has 0 bridgehead atoms. The fraction of sp³-hybridized carbons (Fsp3) is 0.0556. The lowest BCUT2D eigenvalue weighted by molar-refractivity contribution is 0.788. The van der Waals surface area contributed by atoms with E-state index in [1.807, 2.05) is 30.3 Å². The number of para-hydroxylation sites is 3. The highest BCUT2D eigenvalue weighted by molar-refractivity contribution is 5.88. The van der Waals surface area contributed by atoms with Gasteiger partial charge in [-0.2, -0.15) is 5.26 Å². The van der Waals surface area contributed by atoms with Crippen LogP contribution in [0.2, 0.25) is 0 Å². The van der Waals surface area contributed by atoms with Gasteiger partial charge in [0.25, 0.3) is 0 Å². The molecular weight excluding hydrogens is 488 g/mol. The topological polar surface area (TPSA) is 44.9 Å². The number of hydrogen-bond acceptors (Lipinski definition) is 3. The second kappa shape index (κ2) is 8.83. The molecule has 0 saturated heterocycles. The number of rotatable bonds is 3. The van der Waals surface area contributed by atoms with Crippen molar-refractivity contribution in [3.63, 3.8) is 0 Å². The molecule has 4 aromatic carbocycles. The molecule has 8 rings (SSSR count). The van der Waals surface area contributed by atoms with Crippen LogP contribution < -0.4 is 15.5 Å². The first-order chi connectivity index (χ1) is 19.8. The van der Waals surface area contributed by atoms with Crippen LogP contribution in [0.15, 0.2) is 121 Å². The highest BCUT2D eigenvalue weighted by Crippen LogP contribution is 2.47. The van der Waals surface area contributed by atoms with Gasteiger partial charge in [0.1, 0.15) is 5.82 Å². The second-order valence-electron chi connectivity index (χ2n) is 10.3. The van der Waals surface area contributed by atoms with Crippen molar-refractivity contribution in [1.82, 2.24) is 9.55 Å². The third kappa shape index (κ3) is 3.35. The van der Waals surface area contributed by atoms with Crippen molar-refractivity contribution < 1.29 is 0 Å². The molecule has 3 heterocycles. The molecule has 1 aliphatic heterocycles. The maximum absolute atomic E-state index is 9.22. The normalized spacial score (nSPS) is 16.8. The van der Waals surface area contributed by atoms with Crippen molar-refractivity contribution in [2.75, 3.05) is 4.90 Å². The summed E-state index contributed by atoms with van der Waals surface area (Å²) < 4.78 is 2.39. The molecule has 2 aliphatic rings. The van der Waals surface area contributed by atoms with Crippen LogP contribution in [0.5, 0.6) is 0 Å². The van der Waals surface area contributed by atoms with Gasteiger partial charge in [0, 0.05) is 33.5 Å². The Morgan fingerprint density at radius 3 is 2.33 bits per heavy atom. The molecule has 0 fully saturated rings. The Hall–Kier alpha value is -5.40. The molecule has 4 nitrogen and oxygen atoms in total. The van der Waals surface area contributed by atoms with Crippen molar-refractivity contribution in [2.24, 2.45) is 0 Å². The summed E-state index contributed by atoms with van der Waals surface area (Å²) in [5.41, 5.74) is 7.41. The van der Waals surface area contributed by atoms with Gasteiger partial charge in [-0.3, -0.25) is 0 Å². The molecule has 2 unspecified atom stereocenters. The molecule has 188 valence electrons. The summed E-state index contributed by atoms with van der Waals surface area (Å²) in [5, 5.41) is 13.0. The Labute approximate surface area is 232 Å². The first-order valence-electron chi connectivity index (χ1n) is 13.5. The highest BCUT2D eigenvalue weighted by Gasteiger charge is 2.39. The first-order valence-corrected chi connectivity index (χ1v) is 13.5. The molecular formula is C36H24N4. The van der Waals surface area contributed by atoms with Gasteiger partial charge in [-0.05, 0) is 60.2 Å². The lowest BCUT2D eigenvalue weighted by Crippen LogP contribution is -2.40. The van der Waals surface area contributed by atoms with Crippen LogP contribution in [-0.4, -0.2) is 15.6 Å². The average Bonchev–Trinajstić information content (AvgIpc) is 3.52. The van der Waals surface area contributed by atoms with Crippen molar-refractivity contribution in [1.29, 1.82) is 5.26 Å². The van der Waals surface area contributed by atoms with Gasteiger partial charge < -0.3 is 9.47 Å². The van der Waals surface area contributed by atoms with Gasteiger partial charge in [-0.25, -0.2) is 4.98 Å². The lowest BCUT2D eigenvalue weighted by Gasteiger charge is -2.28. The zero-order valence-electron chi connectivity index (χ0n) is 21.6. The molecule has 0 radical (unpaired) electrons. The molecule has 2 atom stereocenters. The van der Waals surface area contributed by atoms with E-state index in [0.717, 1.165) is 22.8 Å².